The van der Waals surface area contributed by atoms with Crippen LogP contribution in [0.25, 0.3) is 0 Å². The van der Waals surface area contributed by atoms with Crippen molar-refractivity contribution in [3.05, 3.63) is 34.3 Å². The molecule has 0 aromatic heterocycles. The summed E-state index contributed by atoms with van der Waals surface area (Å²) in [6.07, 6.45) is 6.21. The molecule has 0 N–H and O–H groups in total. The van der Waals surface area contributed by atoms with E-state index >= 15 is 0 Å². The van der Waals surface area contributed by atoms with Gasteiger partial charge in [-0.05, 0) is 49.1 Å². The van der Waals surface area contributed by atoms with Crippen LogP contribution in [-0.2, 0) is 0 Å². The molecule has 3 unspecified atom stereocenters. The quantitative estimate of drug-likeness (QED) is 0.752. The highest BCUT2D eigenvalue weighted by atomic mass is 79.9. The monoisotopic (exact) mass is 292 g/mol. The minimum Gasteiger partial charge on any atom is -0.294 e. The second-order valence-corrected chi connectivity index (χ2v) is 6.49. The van der Waals surface area contributed by atoms with Crippen LogP contribution < -0.4 is 0 Å². The molecular weight excluding hydrogens is 276 g/mol. The third-order valence-electron chi connectivity index (χ3n) is 4.48. The third-order valence-corrected chi connectivity index (χ3v) is 4.97. The molecule has 2 aliphatic carbocycles. The highest BCUT2D eigenvalue weighted by Gasteiger charge is 2.40. The zero-order valence-electron chi connectivity index (χ0n) is 9.86. The molecule has 1 aromatic carbocycles. The summed E-state index contributed by atoms with van der Waals surface area (Å²) in [5.41, 5.74) is 0.863. The van der Waals surface area contributed by atoms with Gasteiger partial charge in [-0.15, -0.1) is 0 Å². The molecule has 1 aromatic rings. The molecule has 0 radical (unpaired) electrons. The molecule has 17 heavy (non-hydrogen) atoms. The van der Waals surface area contributed by atoms with Crippen molar-refractivity contribution < 1.29 is 4.79 Å². The topological polar surface area (TPSA) is 17.1 Å². The predicted octanol–water partition coefficient (Wildman–Crippen LogP) is 4.46. The summed E-state index contributed by atoms with van der Waals surface area (Å²) in [6.45, 7) is 0. The number of halogens is 1. The first-order chi connectivity index (χ1) is 8.22. The molecule has 0 saturated heterocycles. The summed E-state index contributed by atoms with van der Waals surface area (Å²) < 4.78 is 0.997. The van der Waals surface area contributed by atoms with E-state index in [1.165, 1.54) is 25.7 Å². The van der Waals surface area contributed by atoms with Gasteiger partial charge in [0.15, 0.2) is 5.78 Å². The Morgan fingerprint density at radius 2 is 2.18 bits per heavy atom. The Balaban J connectivity index is 1.68. The Bertz CT molecular complexity index is 440. The molecule has 90 valence electrons. The van der Waals surface area contributed by atoms with Crippen LogP contribution in [0.3, 0.4) is 0 Å². The lowest BCUT2D eigenvalue weighted by Gasteiger charge is -2.20. The van der Waals surface area contributed by atoms with Crippen molar-refractivity contribution in [3.63, 3.8) is 0 Å². The number of carbonyl (C=O) groups is 1. The average Bonchev–Trinajstić information content (AvgIpc) is 2.91. The summed E-state index contributed by atoms with van der Waals surface area (Å²) in [7, 11) is 0. The van der Waals surface area contributed by atoms with Gasteiger partial charge < -0.3 is 0 Å². The maximum absolute atomic E-state index is 12.2. The highest BCUT2D eigenvalue weighted by molar-refractivity contribution is 9.10. The summed E-state index contributed by atoms with van der Waals surface area (Å²) in [6, 6.07) is 7.78. The molecule has 2 saturated carbocycles. The smallest absolute Gasteiger partial charge is 0.163 e. The van der Waals surface area contributed by atoms with E-state index in [-0.39, 0.29) is 0 Å². The van der Waals surface area contributed by atoms with Crippen molar-refractivity contribution in [1.29, 1.82) is 0 Å². The molecule has 0 spiro atoms. The van der Waals surface area contributed by atoms with Crippen molar-refractivity contribution >= 4 is 21.7 Å². The fourth-order valence-corrected chi connectivity index (χ4v) is 4.04. The third kappa shape index (κ3) is 2.33. The van der Waals surface area contributed by atoms with E-state index in [2.05, 4.69) is 15.9 Å². The van der Waals surface area contributed by atoms with Gasteiger partial charge in [-0.1, -0.05) is 34.5 Å². The molecule has 2 heteroatoms. The Kier molecular flexibility index (Phi) is 3.08. The molecule has 1 nitrogen and oxygen atoms in total. The lowest BCUT2D eigenvalue weighted by molar-refractivity contribution is 0.0944. The van der Waals surface area contributed by atoms with E-state index < -0.39 is 0 Å². The van der Waals surface area contributed by atoms with Gasteiger partial charge in [-0.25, -0.2) is 0 Å². The summed E-state index contributed by atoms with van der Waals surface area (Å²) >= 11 is 3.42. The van der Waals surface area contributed by atoms with Gasteiger partial charge in [0, 0.05) is 16.5 Å². The van der Waals surface area contributed by atoms with Crippen LogP contribution in [0.4, 0.5) is 0 Å². The van der Waals surface area contributed by atoms with Crippen LogP contribution in [0.15, 0.2) is 28.7 Å². The van der Waals surface area contributed by atoms with Crippen LogP contribution in [-0.4, -0.2) is 5.78 Å². The molecule has 0 aliphatic heterocycles. The van der Waals surface area contributed by atoms with Gasteiger partial charge in [-0.2, -0.15) is 0 Å². The predicted molar refractivity (Wildman–Crippen MR) is 72.0 cm³/mol. The van der Waals surface area contributed by atoms with Crippen molar-refractivity contribution in [1.82, 2.24) is 0 Å². The van der Waals surface area contributed by atoms with Crippen molar-refractivity contribution in [2.75, 3.05) is 0 Å². The SMILES string of the molecule is O=C(CC1CC2CCC1C2)c1cccc(Br)c1. The van der Waals surface area contributed by atoms with Crippen LogP contribution in [0.1, 0.15) is 42.5 Å². The maximum atomic E-state index is 12.2. The first kappa shape index (κ1) is 11.5. The first-order valence-electron chi connectivity index (χ1n) is 6.51. The van der Waals surface area contributed by atoms with E-state index in [0.29, 0.717) is 11.7 Å². The van der Waals surface area contributed by atoms with E-state index in [4.69, 9.17) is 0 Å². The van der Waals surface area contributed by atoms with Crippen molar-refractivity contribution in [3.8, 4) is 0 Å². The van der Waals surface area contributed by atoms with Gasteiger partial charge >= 0.3 is 0 Å². The minimum absolute atomic E-state index is 0.323. The summed E-state index contributed by atoms with van der Waals surface area (Å²) in [5.74, 6) is 2.76. The van der Waals surface area contributed by atoms with Crippen LogP contribution in [0.5, 0.6) is 0 Å². The number of hydrogen-bond donors (Lipinski definition) is 0. The van der Waals surface area contributed by atoms with E-state index in [0.717, 1.165) is 28.3 Å². The number of Topliss-reactive ketones (excluding diaryl/α,β-unsaturated/α-hetero) is 1. The van der Waals surface area contributed by atoms with Gasteiger partial charge in [0.1, 0.15) is 0 Å². The second kappa shape index (κ2) is 4.56. The fourth-order valence-electron chi connectivity index (χ4n) is 3.64. The second-order valence-electron chi connectivity index (χ2n) is 5.57. The molecule has 0 amide bonds. The highest BCUT2D eigenvalue weighted by Crippen LogP contribution is 2.49. The Hall–Kier alpha value is -0.630. The summed E-state index contributed by atoms with van der Waals surface area (Å²) in [4.78, 5) is 12.2. The zero-order valence-corrected chi connectivity index (χ0v) is 11.4. The van der Waals surface area contributed by atoms with Gasteiger partial charge in [-0.3, -0.25) is 4.79 Å². The number of benzene rings is 1. The Morgan fingerprint density at radius 1 is 1.29 bits per heavy atom. The van der Waals surface area contributed by atoms with E-state index in [9.17, 15) is 4.79 Å². The van der Waals surface area contributed by atoms with Gasteiger partial charge in [0.05, 0.1) is 0 Å². The Morgan fingerprint density at radius 3 is 2.82 bits per heavy atom. The van der Waals surface area contributed by atoms with Gasteiger partial charge in [0.2, 0.25) is 0 Å². The number of ketones is 1. The van der Waals surface area contributed by atoms with Crippen molar-refractivity contribution in [2.24, 2.45) is 17.8 Å². The van der Waals surface area contributed by atoms with E-state index in [1.807, 2.05) is 24.3 Å². The zero-order chi connectivity index (χ0) is 11.8. The lowest BCUT2D eigenvalue weighted by Crippen LogP contribution is -2.15. The lowest BCUT2D eigenvalue weighted by atomic mass is 9.84. The molecule has 0 heterocycles. The molecule has 3 atom stereocenters. The molecular formula is C15H17BrO. The molecule has 3 rings (SSSR count). The summed E-state index contributed by atoms with van der Waals surface area (Å²) in [5, 5.41) is 0. The van der Waals surface area contributed by atoms with Crippen LogP contribution >= 0.6 is 15.9 Å². The standard InChI is InChI=1S/C15H17BrO/c16-14-3-1-2-12(8-14)15(17)9-13-7-10-4-5-11(13)6-10/h1-3,8,10-11,13H,4-7,9H2. The number of hydrogen-bond acceptors (Lipinski definition) is 1. The molecule has 2 aliphatic rings. The maximum Gasteiger partial charge on any atom is 0.163 e. The Labute approximate surface area is 111 Å². The molecule has 2 fully saturated rings. The average molecular weight is 293 g/mol. The van der Waals surface area contributed by atoms with Gasteiger partial charge in [0.25, 0.3) is 0 Å². The fraction of sp³-hybridized carbons (Fsp3) is 0.533. The van der Waals surface area contributed by atoms with Crippen LogP contribution in [0, 0.1) is 17.8 Å². The normalized spacial score (nSPS) is 30.8. The first-order valence-corrected chi connectivity index (χ1v) is 7.30. The molecule has 2 bridgehead atoms. The minimum atomic E-state index is 0.323. The number of rotatable bonds is 3. The van der Waals surface area contributed by atoms with Crippen molar-refractivity contribution in [2.45, 2.75) is 32.1 Å². The largest absolute Gasteiger partial charge is 0.294 e. The number of fused-ring (bicyclic) bond motifs is 2. The van der Waals surface area contributed by atoms with Crippen LogP contribution in [0.2, 0.25) is 0 Å². The van der Waals surface area contributed by atoms with E-state index in [1.54, 1.807) is 0 Å². The number of carbonyl (C=O) groups excluding carboxylic acids is 1.